The number of fused-ring (bicyclic) bond motifs is 1. The number of ether oxygens (including phenoxy) is 1. The molecule has 3 aliphatic rings. The van der Waals surface area contributed by atoms with Gasteiger partial charge < -0.3 is 20.1 Å². The van der Waals surface area contributed by atoms with E-state index in [0.29, 0.717) is 5.92 Å². The molecular formula is C29H36N2O3. The van der Waals surface area contributed by atoms with E-state index in [1.807, 2.05) is 12.1 Å². The fraction of sp³-hybridized carbons (Fsp3) is 0.483. The van der Waals surface area contributed by atoms with Gasteiger partial charge in [0.2, 0.25) is 5.91 Å². The van der Waals surface area contributed by atoms with Crippen LogP contribution in [0.15, 0.2) is 54.6 Å². The van der Waals surface area contributed by atoms with Crippen molar-refractivity contribution in [3.05, 3.63) is 65.7 Å². The second-order valence-corrected chi connectivity index (χ2v) is 10.5. The Hall–Kier alpha value is -2.79. The maximum atomic E-state index is 12.8. The lowest BCUT2D eigenvalue weighted by molar-refractivity contribution is -0.117. The number of carbonyl (C=O) groups is 1. The molecule has 0 spiro atoms. The third kappa shape index (κ3) is 5.15. The van der Waals surface area contributed by atoms with Gasteiger partial charge in [-0.15, -0.1) is 0 Å². The molecule has 0 aromatic heterocycles. The molecule has 2 saturated carbocycles. The number of benzene rings is 2. The molecule has 5 heteroatoms. The number of aromatic hydroxyl groups is 1. The van der Waals surface area contributed by atoms with Crippen molar-refractivity contribution in [1.29, 1.82) is 0 Å². The van der Waals surface area contributed by atoms with Crippen LogP contribution in [0, 0.1) is 11.8 Å². The second-order valence-electron chi connectivity index (χ2n) is 10.5. The van der Waals surface area contributed by atoms with Gasteiger partial charge in [0.1, 0.15) is 11.5 Å². The molecule has 1 amide bonds. The van der Waals surface area contributed by atoms with Crippen LogP contribution in [0.25, 0.3) is 6.08 Å². The van der Waals surface area contributed by atoms with E-state index in [4.69, 9.17) is 4.74 Å². The van der Waals surface area contributed by atoms with Gasteiger partial charge in [-0.2, -0.15) is 0 Å². The molecule has 180 valence electrons. The van der Waals surface area contributed by atoms with Gasteiger partial charge in [-0.05, 0) is 98.4 Å². The Balaban J connectivity index is 1.32. The molecule has 1 heterocycles. The van der Waals surface area contributed by atoms with Crippen LogP contribution in [-0.4, -0.2) is 48.7 Å². The Morgan fingerprint density at radius 1 is 1.18 bits per heavy atom. The molecule has 0 bridgehead atoms. The summed E-state index contributed by atoms with van der Waals surface area (Å²) in [6, 6.07) is 15.7. The number of carbonyl (C=O) groups excluding carboxylic acids is 1. The summed E-state index contributed by atoms with van der Waals surface area (Å²) in [4.78, 5) is 15.5. The predicted molar refractivity (Wildman–Crippen MR) is 135 cm³/mol. The van der Waals surface area contributed by atoms with Crippen molar-refractivity contribution in [2.24, 2.45) is 11.8 Å². The number of amides is 1. The van der Waals surface area contributed by atoms with E-state index in [1.165, 1.54) is 24.9 Å². The standard InChI is InChI=1S/C29H36N2O3/c1-34-27-7-3-5-23(17-27)29-14-15-31(19-22-8-9-22)20-24(29)11-12-25(18-29)30-28(33)13-10-21-4-2-6-26(32)16-21/h2-7,10,13,16-17,22,24-25,32H,8-9,11-12,14-15,18-20H2,1H3,(H,30,33)/t24-,25+,29+/m1/s1. The quantitative estimate of drug-likeness (QED) is 0.585. The lowest BCUT2D eigenvalue weighted by Crippen LogP contribution is -2.56. The molecule has 2 aromatic carbocycles. The zero-order valence-corrected chi connectivity index (χ0v) is 20.1. The summed E-state index contributed by atoms with van der Waals surface area (Å²) in [5.41, 5.74) is 2.24. The first-order valence-corrected chi connectivity index (χ1v) is 12.7. The van der Waals surface area contributed by atoms with Crippen LogP contribution in [0.3, 0.4) is 0 Å². The van der Waals surface area contributed by atoms with Gasteiger partial charge in [-0.1, -0.05) is 24.3 Å². The topological polar surface area (TPSA) is 61.8 Å². The molecular weight excluding hydrogens is 424 g/mol. The smallest absolute Gasteiger partial charge is 0.244 e. The molecule has 3 fully saturated rings. The summed E-state index contributed by atoms with van der Waals surface area (Å²) in [7, 11) is 1.73. The molecule has 0 radical (unpaired) electrons. The number of nitrogens with one attached hydrogen (secondary N) is 1. The number of methoxy groups -OCH3 is 1. The van der Waals surface area contributed by atoms with E-state index in [0.717, 1.165) is 56.0 Å². The van der Waals surface area contributed by atoms with Gasteiger partial charge in [0.05, 0.1) is 7.11 Å². The third-order valence-corrected chi connectivity index (χ3v) is 8.11. The monoisotopic (exact) mass is 460 g/mol. The van der Waals surface area contributed by atoms with Crippen molar-refractivity contribution >= 4 is 12.0 Å². The molecule has 0 unspecified atom stereocenters. The zero-order valence-electron chi connectivity index (χ0n) is 20.1. The largest absolute Gasteiger partial charge is 0.508 e. The van der Waals surface area contributed by atoms with Gasteiger partial charge in [-0.3, -0.25) is 4.79 Å². The maximum absolute atomic E-state index is 12.8. The van der Waals surface area contributed by atoms with Gasteiger partial charge in [-0.25, -0.2) is 0 Å². The molecule has 2 aliphatic carbocycles. The SMILES string of the molecule is COc1cccc([C@@]23CCN(CC4CC4)C[C@H]2CC[C@H](NC(=O)C=Cc2cccc(O)c2)C3)c1. The van der Waals surface area contributed by atoms with Crippen LogP contribution in [0.2, 0.25) is 0 Å². The van der Waals surface area contributed by atoms with E-state index in [9.17, 15) is 9.90 Å². The highest BCUT2D eigenvalue weighted by Crippen LogP contribution is 2.50. The molecule has 2 aromatic rings. The Morgan fingerprint density at radius 3 is 2.82 bits per heavy atom. The van der Waals surface area contributed by atoms with Gasteiger partial charge >= 0.3 is 0 Å². The highest BCUT2D eigenvalue weighted by Gasteiger charge is 2.48. The lowest BCUT2D eigenvalue weighted by atomic mass is 9.58. The second kappa shape index (κ2) is 9.83. The summed E-state index contributed by atoms with van der Waals surface area (Å²) < 4.78 is 5.57. The van der Waals surface area contributed by atoms with E-state index in [1.54, 1.807) is 37.5 Å². The van der Waals surface area contributed by atoms with E-state index in [-0.39, 0.29) is 23.1 Å². The fourth-order valence-corrected chi connectivity index (χ4v) is 6.15. The summed E-state index contributed by atoms with van der Waals surface area (Å²) in [5, 5.41) is 12.9. The van der Waals surface area contributed by atoms with Crippen LogP contribution >= 0.6 is 0 Å². The fourth-order valence-electron chi connectivity index (χ4n) is 6.15. The molecule has 5 rings (SSSR count). The summed E-state index contributed by atoms with van der Waals surface area (Å²) in [5.74, 6) is 2.56. The average Bonchev–Trinajstić information content (AvgIpc) is 3.67. The minimum absolute atomic E-state index is 0.0692. The average molecular weight is 461 g/mol. The summed E-state index contributed by atoms with van der Waals surface area (Å²) >= 11 is 0. The minimum Gasteiger partial charge on any atom is -0.508 e. The normalized spacial score (nSPS) is 27.3. The Bertz CT molecular complexity index is 1050. The summed E-state index contributed by atoms with van der Waals surface area (Å²) in [6.45, 7) is 3.54. The third-order valence-electron chi connectivity index (χ3n) is 8.11. The van der Waals surface area contributed by atoms with Crippen LogP contribution in [0.1, 0.15) is 49.7 Å². The van der Waals surface area contributed by atoms with Crippen molar-refractivity contribution < 1.29 is 14.6 Å². The van der Waals surface area contributed by atoms with E-state index in [2.05, 4.69) is 28.4 Å². The van der Waals surface area contributed by atoms with E-state index < -0.39 is 0 Å². The van der Waals surface area contributed by atoms with Crippen LogP contribution in [0.5, 0.6) is 11.5 Å². The number of likely N-dealkylation sites (tertiary alicyclic amines) is 1. The number of phenolic OH excluding ortho intramolecular Hbond substituents is 1. The molecule has 5 nitrogen and oxygen atoms in total. The van der Waals surface area contributed by atoms with Crippen molar-refractivity contribution in [2.75, 3.05) is 26.7 Å². The van der Waals surface area contributed by atoms with Gasteiger partial charge in [0, 0.05) is 30.6 Å². The van der Waals surface area contributed by atoms with Crippen LogP contribution in [-0.2, 0) is 10.2 Å². The Morgan fingerprint density at radius 2 is 2.03 bits per heavy atom. The molecule has 1 aliphatic heterocycles. The van der Waals surface area contributed by atoms with Crippen molar-refractivity contribution in [3.63, 3.8) is 0 Å². The first-order valence-electron chi connectivity index (χ1n) is 12.7. The maximum Gasteiger partial charge on any atom is 0.244 e. The lowest BCUT2D eigenvalue weighted by Gasteiger charge is -2.53. The van der Waals surface area contributed by atoms with Crippen molar-refractivity contribution in [2.45, 2.75) is 50.0 Å². The van der Waals surface area contributed by atoms with Crippen molar-refractivity contribution in [1.82, 2.24) is 10.2 Å². The highest BCUT2D eigenvalue weighted by atomic mass is 16.5. The number of hydrogen-bond acceptors (Lipinski definition) is 4. The number of piperidine rings is 1. The highest BCUT2D eigenvalue weighted by molar-refractivity contribution is 5.92. The van der Waals surface area contributed by atoms with Crippen molar-refractivity contribution in [3.8, 4) is 11.5 Å². The summed E-state index contributed by atoms with van der Waals surface area (Å²) in [6.07, 6.45) is 10.4. The van der Waals surface area contributed by atoms with Crippen LogP contribution < -0.4 is 10.1 Å². The van der Waals surface area contributed by atoms with Gasteiger partial charge in [0.25, 0.3) is 0 Å². The zero-order chi connectivity index (χ0) is 23.5. The van der Waals surface area contributed by atoms with E-state index >= 15 is 0 Å². The van der Waals surface area contributed by atoms with Gasteiger partial charge in [0.15, 0.2) is 0 Å². The number of rotatable bonds is 7. The molecule has 1 saturated heterocycles. The number of hydrogen-bond donors (Lipinski definition) is 2. The molecule has 34 heavy (non-hydrogen) atoms. The number of nitrogens with zero attached hydrogens (tertiary/aromatic N) is 1. The molecule has 3 atom stereocenters. The Kier molecular flexibility index (Phi) is 6.64. The van der Waals surface area contributed by atoms with Crippen LogP contribution in [0.4, 0.5) is 0 Å². The first kappa shape index (κ1) is 23.0. The Labute approximate surface area is 202 Å². The first-order chi connectivity index (χ1) is 16.5. The minimum atomic E-state index is -0.0706. The molecule has 2 N–H and O–H groups in total. The predicted octanol–water partition coefficient (Wildman–Crippen LogP) is 4.75. The number of phenols is 1.